The minimum atomic E-state index is -0.00274. The quantitative estimate of drug-likeness (QED) is 0.776. The molecule has 2 aromatic rings. The largest absolute Gasteiger partial charge is 0.488 e. The highest BCUT2D eigenvalue weighted by Gasteiger charge is 2.24. The SMILES string of the molecule is CC(C)(C)CN(CCCN)C(=O)c1ccccc1OCc1ccccc1. The Bertz CT molecular complexity index is 693. The van der Waals surface area contributed by atoms with E-state index in [1.165, 1.54) is 0 Å². The van der Waals surface area contributed by atoms with Crippen molar-refractivity contribution < 1.29 is 9.53 Å². The Morgan fingerprint density at radius 2 is 1.69 bits per heavy atom. The topological polar surface area (TPSA) is 55.6 Å². The summed E-state index contributed by atoms with van der Waals surface area (Å²) < 4.78 is 5.96. The van der Waals surface area contributed by atoms with Crippen molar-refractivity contribution >= 4 is 5.91 Å². The van der Waals surface area contributed by atoms with Gasteiger partial charge in [0.1, 0.15) is 12.4 Å². The third-order valence-corrected chi connectivity index (χ3v) is 3.94. The molecule has 26 heavy (non-hydrogen) atoms. The zero-order chi connectivity index (χ0) is 19.0. The van der Waals surface area contributed by atoms with Crippen LogP contribution in [0.4, 0.5) is 0 Å². The Labute approximate surface area is 157 Å². The molecular formula is C22H30N2O2. The zero-order valence-electron chi connectivity index (χ0n) is 16.1. The average Bonchev–Trinajstić information content (AvgIpc) is 2.63. The fourth-order valence-corrected chi connectivity index (χ4v) is 2.78. The molecule has 2 aromatic carbocycles. The van der Waals surface area contributed by atoms with E-state index in [4.69, 9.17) is 10.5 Å². The average molecular weight is 354 g/mol. The van der Waals surface area contributed by atoms with Gasteiger partial charge in [0.15, 0.2) is 0 Å². The predicted octanol–water partition coefficient (Wildman–Crippen LogP) is 4.10. The molecule has 4 nitrogen and oxygen atoms in total. The molecule has 0 bridgehead atoms. The van der Waals surface area contributed by atoms with E-state index in [0.29, 0.717) is 37.6 Å². The minimum absolute atomic E-state index is 0.00274. The van der Waals surface area contributed by atoms with Crippen molar-refractivity contribution in [1.82, 2.24) is 4.90 Å². The highest BCUT2D eigenvalue weighted by molar-refractivity contribution is 5.97. The van der Waals surface area contributed by atoms with E-state index < -0.39 is 0 Å². The van der Waals surface area contributed by atoms with Gasteiger partial charge in [-0.25, -0.2) is 0 Å². The molecule has 2 N–H and O–H groups in total. The smallest absolute Gasteiger partial charge is 0.257 e. The molecule has 2 rings (SSSR count). The summed E-state index contributed by atoms with van der Waals surface area (Å²) in [6.45, 7) is 8.74. The number of nitrogens with zero attached hydrogens (tertiary/aromatic N) is 1. The molecule has 0 fully saturated rings. The molecule has 4 heteroatoms. The van der Waals surface area contributed by atoms with E-state index in [-0.39, 0.29) is 11.3 Å². The second-order valence-electron chi connectivity index (χ2n) is 7.70. The molecule has 1 amide bonds. The lowest BCUT2D eigenvalue weighted by molar-refractivity contribution is 0.0689. The molecule has 0 aliphatic carbocycles. The van der Waals surface area contributed by atoms with Gasteiger partial charge in [0.05, 0.1) is 5.56 Å². The van der Waals surface area contributed by atoms with Crippen LogP contribution >= 0.6 is 0 Å². The monoisotopic (exact) mass is 354 g/mol. The van der Waals surface area contributed by atoms with Crippen LogP contribution in [0.15, 0.2) is 54.6 Å². The third-order valence-electron chi connectivity index (χ3n) is 3.94. The van der Waals surface area contributed by atoms with Crippen LogP contribution in [0.2, 0.25) is 0 Å². The lowest BCUT2D eigenvalue weighted by atomic mass is 9.95. The van der Waals surface area contributed by atoms with Gasteiger partial charge in [-0.2, -0.15) is 0 Å². The van der Waals surface area contributed by atoms with E-state index in [2.05, 4.69) is 20.8 Å². The minimum Gasteiger partial charge on any atom is -0.488 e. The molecule has 0 radical (unpaired) electrons. The van der Waals surface area contributed by atoms with Gasteiger partial charge in [-0.15, -0.1) is 0 Å². The number of benzene rings is 2. The van der Waals surface area contributed by atoms with Crippen molar-refractivity contribution in [2.45, 2.75) is 33.8 Å². The van der Waals surface area contributed by atoms with E-state index in [1.54, 1.807) is 0 Å². The molecule has 0 saturated carbocycles. The van der Waals surface area contributed by atoms with Crippen molar-refractivity contribution in [3.63, 3.8) is 0 Å². The predicted molar refractivity (Wildman–Crippen MR) is 106 cm³/mol. The molecule has 0 heterocycles. The van der Waals surface area contributed by atoms with Crippen LogP contribution in [0.5, 0.6) is 5.75 Å². The van der Waals surface area contributed by atoms with Crippen molar-refractivity contribution in [2.24, 2.45) is 11.1 Å². The first-order valence-corrected chi connectivity index (χ1v) is 9.16. The van der Waals surface area contributed by atoms with Crippen molar-refractivity contribution in [3.05, 3.63) is 65.7 Å². The summed E-state index contributed by atoms with van der Waals surface area (Å²) in [5.74, 6) is 0.616. The Morgan fingerprint density at radius 1 is 1.04 bits per heavy atom. The molecule has 0 aliphatic heterocycles. The number of ether oxygens (including phenoxy) is 1. The first-order valence-electron chi connectivity index (χ1n) is 9.16. The molecule has 0 aromatic heterocycles. The number of carbonyl (C=O) groups excluding carboxylic acids is 1. The molecular weight excluding hydrogens is 324 g/mol. The number of carbonyl (C=O) groups is 1. The number of nitrogens with two attached hydrogens (primary N) is 1. The van der Waals surface area contributed by atoms with Crippen LogP contribution in [-0.2, 0) is 6.61 Å². The second-order valence-corrected chi connectivity index (χ2v) is 7.70. The summed E-state index contributed by atoms with van der Waals surface area (Å²) >= 11 is 0. The molecule has 140 valence electrons. The summed E-state index contributed by atoms with van der Waals surface area (Å²) in [6, 6.07) is 17.4. The van der Waals surface area contributed by atoms with Crippen LogP contribution in [0.3, 0.4) is 0 Å². The van der Waals surface area contributed by atoms with Gasteiger partial charge in [0.2, 0.25) is 0 Å². The normalized spacial score (nSPS) is 11.2. The Morgan fingerprint density at radius 3 is 2.35 bits per heavy atom. The van der Waals surface area contributed by atoms with Crippen LogP contribution in [0.1, 0.15) is 43.1 Å². The maximum Gasteiger partial charge on any atom is 0.257 e. The first-order chi connectivity index (χ1) is 12.4. The highest BCUT2D eigenvalue weighted by Crippen LogP contribution is 2.24. The van der Waals surface area contributed by atoms with Crippen molar-refractivity contribution in [3.8, 4) is 5.75 Å². The Kier molecular flexibility index (Phi) is 7.22. The van der Waals surface area contributed by atoms with E-state index in [0.717, 1.165) is 12.0 Å². The maximum absolute atomic E-state index is 13.2. The molecule has 0 atom stereocenters. The molecule has 0 saturated heterocycles. The molecule has 0 unspecified atom stereocenters. The fraction of sp³-hybridized carbons (Fsp3) is 0.409. The summed E-state index contributed by atoms with van der Waals surface area (Å²) in [4.78, 5) is 15.1. The van der Waals surface area contributed by atoms with E-state index in [1.807, 2.05) is 59.5 Å². The number of hydrogen-bond donors (Lipinski definition) is 1. The highest BCUT2D eigenvalue weighted by atomic mass is 16.5. The van der Waals surface area contributed by atoms with Crippen LogP contribution < -0.4 is 10.5 Å². The first kappa shape index (κ1) is 20.0. The standard InChI is InChI=1S/C22H30N2O2/c1-22(2,3)17-24(15-9-14-23)21(25)19-12-7-8-13-20(19)26-16-18-10-5-4-6-11-18/h4-8,10-13H,9,14-17,23H2,1-3H3. The van der Waals surface area contributed by atoms with Gasteiger partial charge >= 0.3 is 0 Å². The summed E-state index contributed by atoms with van der Waals surface area (Å²) in [6.07, 6.45) is 0.787. The van der Waals surface area contributed by atoms with Crippen LogP contribution in [-0.4, -0.2) is 30.4 Å². The van der Waals surface area contributed by atoms with E-state index in [9.17, 15) is 4.79 Å². The lowest BCUT2D eigenvalue weighted by Crippen LogP contribution is -2.39. The third kappa shape index (κ3) is 6.19. The Balaban J connectivity index is 2.17. The van der Waals surface area contributed by atoms with Gasteiger partial charge in [-0.3, -0.25) is 4.79 Å². The Hall–Kier alpha value is -2.33. The zero-order valence-corrected chi connectivity index (χ0v) is 16.1. The molecule has 0 spiro atoms. The maximum atomic E-state index is 13.2. The van der Waals surface area contributed by atoms with Gasteiger partial charge in [0.25, 0.3) is 5.91 Å². The molecule has 0 aliphatic rings. The number of amides is 1. The number of hydrogen-bond acceptors (Lipinski definition) is 3. The van der Waals surface area contributed by atoms with Crippen molar-refractivity contribution in [2.75, 3.05) is 19.6 Å². The lowest BCUT2D eigenvalue weighted by Gasteiger charge is -2.30. The van der Waals surface area contributed by atoms with E-state index >= 15 is 0 Å². The summed E-state index contributed by atoms with van der Waals surface area (Å²) in [5, 5.41) is 0. The summed E-state index contributed by atoms with van der Waals surface area (Å²) in [5.41, 5.74) is 7.35. The second kappa shape index (κ2) is 9.39. The van der Waals surface area contributed by atoms with Crippen molar-refractivity contribution in [1.29, 1.82) is 0 Å². The number of rotatable bonds is 8. The number of para-hydroxylation sites is 1. The summed E-state index contributed by atoms with van der Waals surface area (Å²) in [7, 11) is 0. The fourth-order valence-electron chi connectivity index (χ4n) is 2.78. The van der Waals surface area contributed by atoms with Gasteiger partial charge < -0.3 is 15.4 Å². The van der Waals surface area contributed by atoms with Gasteiger partial charge in [-0.05, 0) is 36.1 Å². The van der Waals surface area contributed by atoms with Crippen LogP contribution in [0, 0.1) is 5.41 Å². The van der Waals surface area contributed by atoms with Gasteiger partial charge in [-0.1, -0.05) is 63.2 Å². The van der Waals surface area contributed by atoms with Gasteiger partial charge in [0, 0.05) is 13.1 Å². The van der Waals surface area contributed by atoms with Crippen LogP contribution in [0.25, 0.3) is 0 Å².